The van der Waals surface area contributed by atoms with E-state index in [1.807, 2.05) is 0 Å². The van der Waals surface area contributed by atoms with Gasteiger partial charge in [0.1, 0.15) is 5.82 Å². The highest BCUT2D eigenvalue weighted by Crippen LogP contribution is 2.30. The van der Waals surface area contributed by atoms with Crippen molar-refractivity contribution in [1.29, 1.82) is 0 Å². The minimum atomic E-state index is -4.54. The van der Waals surface area contributed by atoms with Gasteiger partial charge in [-0.1, -0.05) is 0 Å². The molecule has 1 heterocycles. The first-order valence-electron chi connectivity index (χ1n) is 5.19. The lowest BCUT2D eigenvalue weighted by Crippen LogP contribution is -2.33. The van der Waals surface area contributed by atoms with Crippen molar-refractivity contribution < 1.29 is 17.9 Å². The maximum absolute atomic E-state index is 12.6. The lowest BCUT2D eigenvalue weighted by atomic mass is 10.3. The second-order valence-corrected chi connectivity index (χ2v) is 3.88. The van der Waals surface area contributed by atoms with Crippen LogP contribution in [0.1, 0.15) is 12.6 Å². The number of nitrogen functional groups attached to an aromatic ring is 1. The molecule has 0 saturated carbocycles. The molecule has 0 aliphatic heterocycles. The molecule has 0 aliphatic carbocycles. The SMILES string of the molecule is COCC(C)N(C)c1cc(C(F)(F)F)nc(N)n1. The zero-order valence-electron chi connectivity index (χ0n) is 10.3. The quantitative estimate of drug-likeness (QED) is 0.893. The van der Waals surface area contributed by atoms with E-state index in [4.69, 9.17) is 10.5 Å². The van der Waals surface area contributed by atoms with Crippen molar-refractivity contribution in [2.45, 2.75) is 19.1 Å². The van der Waals surface area contributed by atoms with Gasteiger partial charge < -0.3 is 15.4 Å². The van der Waals surface area contributed by atoms with Crippen molar-refractivity contribution in [2.75, 3.05) is 31.4 Å². The van der Waals surface area contributed by atoms with Gasteiger partial charge in [-0.25, -0.2) is 4.98 Å². The molecule has 0 fully saturated rings. The zero-order chi connectivity index (χ0) is 13.9. The lowest BCUT2D eigenvalue weighted by molar-refractivity contribution is -0.141. The van der Waals surface area contributed by atoms with Gasteiger partial charge in [0, 0.05) is 20.2 Å². The second-order valence-electron chi connectivity index (χ2n) is 3.88. The molecule has 8 heteroatoms. The van der Waals surface area contributed by atoms with Crippen molar-refractivity contribution in [1.82, 2.24) is 9.97 Å². The first-order chi connectivity index (χ1) is 8.25. The lowest BCUT2D eigenvalue weighted by Gasteiger charge is -2.25. The molecule has 1 rings (SSSR count). The summed E-state index contributed by atoms with van der Waals surface area (Å²) in [5, 5.41) is 0. The molecule has 1 atom stereocenters. The fraction of sp³-hybridized carbons (Fsp3) is 0.600. The number of likely N-dealkylation sites (N-methyl/N-ethyl adjacent to an activating group) is 1. The van der Waals surface area contributed by atoms with Crippen molar-refractivity contribution in [3.05, 3.63) is 11.8 Å². The largest absolute Gasteiger partial charge is 0.433 e. The van der Waals surface area contributed by atoms with Crippen LogP contribution in [-0.4, -0.2) is 36.8 Å². The van der Waals surface area contributed by atoms with Crippen LogP contribution in [0.15, 0.2) is 6.07 Å². The van der Waals surface area contributed by atoms with Gasteiger partial charge in [-0.15, -0.1) is 0 Å². The van der Waals surface area contributed by atoms with Gasteiger partial charge >= 0.3 is 6.18 Å². The fourth-order valence-electron chi connectivity index (χ4n) is 1.36. The predicted molar refractivity (Wildman–Crippen MR) is 61.2 cm³/mol. The van der Waals surface area contributed by atoms with E-state index in [1.165, 1.54) is 7.11 Å². The molecule has 1 aromatic rings. The predicted octanol–water partition coefficient (Wildman–Crippen LogP) is 1.55. The maximum Gasteiger partial charge on any atom is 0.433 e. The Morgan fingerprint density at radius 2 is 2.06 bits per heavy atom. The molecular formula is C10H15F3N4O. The number of hydrogen-bond donors (Lipinski definition) is 1. The molecule has 1 unspecified atom stereocenters. The molecular weight excluding hydrogens is 249 g/mol. The number of nitrogens with zero attached hydrogens (tertiary/aromatic N) is 3. The molecule has 18 heavy (non-hydrogen) atoms. The second kappa shape index (κ2) is 5.38. The number of hydrogen-bond acceptors (Lipinski definition) is 5. The van der Waals surface area contributed by atoms with Gasteiger partial charge in [-0.2, -0.15) is 18.2 Å². The maximum atomic E-state index is 12.6. The van der Waals surface area contributed by atoms with Crippen LogP contribution in [0.25, 0.3) is 0 Å². The number of ether oxygens (including phenoxy) is 1. The Bertz CT molecular complexity index is 411. The molecule has 102 valence electrons. The summed E-state index contributed by atoms with van der Waals surface area (Å²) >= 11 is 0. The zero-order valence-corrected chi connectivity index (χ0v) is 10.3. The van der Waals surface area contributed by atoms with E-state index in [9.17, 15) is 13.2 Å². The summed E-state index contributed by atoms with van der Waals surface area (Å²) in [6.45, 7) is 2.16. The van der Waals surface area contributed by atoms with Crippen LogP contribution in [0.2, 0.25) is 0 Å². The molecule has 0 radical (unpaired) electrons. The molecule has 1 aromatic heterocycles. The van der Waals surface area contributed by atoms with Crippen molar-refractivity contribution in [3.63, 3.8) is 0 Å². The number of methoxy groups -OCH3 is 1. The van der Waals surface area contributed by atoms with Crippen molar-refractivity contribution in [3.8, 4) is 0 Å². The van der Waals surface area contributed by atoms with Crippen LogP contribution in [0, 0.1) is 0 Å². The number of nitrogens with two attached hydrogens (primary N) is 1. The Kier molecular flexibility index (Phi) is 4.33. The summed E-state index contributed by atoms with van der Waals surface area (Å²) in [7, 11) is 3.13. The third kappa shape index (κ3) is 3.46. The molecule has 0 amide bonds. The summed E-state index contributed by atoms with van der Waals surface area (Å²) in [5.41, 5.74) is 4.23. The standard InChI is InChI=1S/C10H15F3N4O/c1-6(5-18-3)17(2)8-4-7(10(11,12)13)15-9(14)16-8/h4,6H,5H2,1-3H3,(H2,14,15,16). The van der Waals surface area contributed by atoms with E-state index in [0.29, 0.717) is 6.61 Å². The van der Waals surface area contributed by atoms with Crippen molar-refractivity contribution in [2.24, 2.45) is 0 Å². The third-order valence-electron chi connectivity index (χ3n) is 2.45. The molecule has 5 nitrogen and oxygen atoms in total. The molecule has 2 N–H and O–H groups in total. The van der Waals surface area contributed by atoms with Crippen LogP contribution in [0.5, 0.6) is 0 Å². The van der Waals surface area contributed by atoms with Crippen LogP contribution in [0.4, 0.5) is 24.9 Å². The van der Waals surface area contributed by atoms with Gasteiger partial charge in [0.2, 0.25) is 5.95 Å². The summed E-state index contributed by atoms with van der Waals surface area (Å²) in [4.78, 5) is 8.52. The number of anilines is 2. The van der Waals surface area contributed by atoms with E-state index in [-0.39, 0.29) is 11.9 Å². The van der Waals surface area contributed by atoms with E-state index in [2.05, 4.69) is 9.97 Å². The summed E-state index contributed by atoms with van der Waals surface area (Å²) < 4.78 is 42.6. The fourth-order valence-corrected chi connectivity index (χ4v) is 1.36. The number of halogens is 3. The number of rotatable bonds is 4. The van der Waals surface area contributed by atoms with Crippen LogP contribution >= 0.6 is 0 Å². The monoisotopic (exact) mass is 264 g/mol. The van der Waals surface area contributed by atoms with Crippen LogP contribution in [0.3, 0.4) is 0 Å². The summed E-state index contributed by atoms with van der Waals surface area (Å²) in [6.07, 6.45) is -4.54. The summed E-state index contributed by atoms with van der Waals surface area (Å²) in [5.74, 6) is -0.296. The minimum Gasteiger partial charge on any atom is -0.383 e. The Balaban J connectivity index is 3.06. The van der Waals surface area contributed by atoms with E-state index < -0.39 is 17.8 Å². The number of alkyl halides is 3. The Hall–Kier alpha value is -1.57. The average molecular weight is 264 g/mol. The van der Waals surface area contributed by atoms with Gasteiger partial charge in [-0.05, 0) is 6.92 Å². The molecule has 0 saturated heterocycles. The first-order valence-corrected chi connectivity index (χ1v) is 5.19. The normalized spacial score (nSPS) is 13.4. The van der Waals surface area contributed by atoms with Gasteiger partial charge in [0.15, 0.2) is 5.69 Å². The Morgan fingerprint density at radius 3 is 2.56 bits per heavy atom. The summed E-state index contributed by atoms with van der Waals surface area (Å²) in [6, 6.07) is 0.730. The van der Waals surface area contributed by atoms with Gasteiger partial charge in [0.05, 0.1) is 12.6 Å². The molecule has 0 bridgehead atoms. The van der Waals surface area contributed by atoms with Gasteiger partial charge in [-0.3, -0.25) is 0 Å². The highest BCUT2D eigenvalue weighted by atomic mass is 19.4. The molecule has 0 aromatic carbocycles. The van der Waals surface area contributed by atoms with E-state index in [1.54, 1.807) is 18.9 Å². The minimum absolute atomic E-state index is 0.111. The van der Waals surface area contributed by atoms with Crippen molar-refractivity contribution >= 4 is 11.8 Å². The van der Waals surface area contributed by atoms with Gasteiger partial charge in [0.25, 0.3) is 0 Å². The Morgan fingerprint density at radius 1 is 1.44 bits per heavy atom. The highest BCUT2D eigenvalue weighted by molar-refractivity contribution is 5.44. The third-order valence-corrected chi connectivity index (χ3v) is 2.45. The van der Waals surface area contributed by atoms with Crippen LogP contribution in [-0.2, 0) is 10.9 Å². The molecule has 0 aliphatic rings. The topological polar surface area (TPSA) is 64.3 Å². The highest BCUT2D eigenvalue weighted by Gasteiger charge is 2.34. The van der Waals surface area contributed by atoms with Crippen LogP contribution < -0.4 is 10.6 Å². The van der Waals surface area contributed by atoms with E-state index >= 15 is 0 Å². The number of aromatic nitrogens is 2. The van der Waals surface area contributed by atoms with E-state index in [0.717, 1.165) is 6.07 Å². The molecule has 0 spiro atoms. The first kappa shape index (κ1) is 14.5. The Labute approximate surface area is 103 Å². The smallest absolute Gasteiger partial charge is 0.383 e. The average Bonchev–Trinajstić information content (AvgIpc) is 2.26.